The summed E-state index contributed by atoms with van der Waals surface area (Å²) in [5, 5.41) is 0. The smallest absolute Gasteiger partial charge is 0.327 e. The van der Waals surface area contributed by atoms with Crippen LogP contribution in [0.2, 0.25) is 0 Å². The Morgan fingerprint density at radius 1 is 1.35 bits per heavy atom. The highest BCUT2D eigenvalue weighted by Crippen LogP contribution is 2.22. The quantitative estimate of drug-likeness (QED) is 0.867. The molecular weight excluding hydrogens is 229 g/mol. The Hall–Kier alpha value is -1.10. The van der Waals surface area contributed by atoms with Gasteiger partial charge in [-0.1, -0.05) is 13.0 Å². The lowest BCUT2D eigenvalue weighted by Gasteiger charge is -2.12. The largest absolute Gasteiger partial charge is 0.389 e. The van der Waals surface area contributed by atoms with Crippen LogP contribution >= 0.6 is 0 Å². The van der Waals surface area contributed by atoms with Crippen molar-refractivity contribution in [1.29, 1.82) is 0 Å². The van der Waals surface area contributed by atoms with Crippen molar-refractivity contribution in [3.63, 3.8) is 0 Å². The Kier molecular flexibility index (Phi) is 4.93. The first-order valence-corrected chi connectivity index (χ1v) is 5.67. The van der Waals surface area contributed by atoms with Crippen LogP contribution in [0.3, 0.4) is 0 Å². The van der Waals surface area contributed by atoms with E-state index in [0.717, 1.165) is 17.7 Å². The molecule has 2 nitrogen and oxygen atoms in total. The molecule has 0 spiro atoms. The van der Waals surface area contributed by atoms with Gasteiger partial charge in [0.1, 0.15) is 0 Å². The van der Waals surface area contributed by atoms with Crippen LogP contribution in [0.1, 0.15) is 31.0 Å². The van der Waals surface area contributed by atoms with Gasteiger partial charge in [-0.3, -0.25) is 4.98 Å². The molecule has 0 aromatic carbocycles. The van der Waals surface area contributed by atoms with Crippen LogP contribution in [0.4, 0.5) is 13.2 Å². The van der Waals surface area contributed by atoms with Crippen molar-refractivity contribution in [2.45, 2.75) is 44.8 Å². The molecule has 0 amide bonds. The average Bonchev–Trinajstić information content (AvgIpc) is 2.27. The molecule has 0 bridgehead atoms. The lowest BCUT2D eigenvalue weighted by atomic mass is 10.1. The minimum absolute atomic E-state index is 0.0549. The lowest BCUT2D eigenvalue weighted by Crippen LogP contribution is -2.25. The molecule has 0 fully saturated rings. The van der Waals surface area contributed by atoms with Gasteiger partial charge in [-0.25, -0.2) is 0 Å². The van der Waals surface area contributed by atoms with Crippen LogP contribution in [-0.2, 0) is 12.8 Å². The van der Waals surface area contributed by atoms with Crippen molar-refractivity contribution in [1.82, 2.24) is 4.98 Å². The molecule has 0 aliphatic carbocycles. The minimum atomic E-state index is -4.13. The van der Waals surface area contributed by atoms with Gasteiger partial charge in [-0.05, 0) is 24.5 Å². The maximum Gasteiger partial charge on any atom is 0.389 e. The van der Waals surface area contributed by atoms with Gasteiger partial charge in [-0.15, -0.1) is 0 Å². The number of hydrogen-bond donors (Lipinski definition) is 1. The summed E-state index contributed by atoms with van der Waals surface area (Å²) in [6, 6.07) is 3.27. The molecule has 96 valence electrons. The van der Waals surface area contributed by atoms with Gasteiger partial charge < -0.3 is 5.73 Å². The van der Waals surface area contributed by atoms with Crippen molar-refractivity contribution in [2.24, 2.45) is 5.73 Å². The van der Waals surface area contributed by atoms with Crippen LogP contribution in [0, 0.1) is 0 Å². The normalized spacial score (nSPS) is 13.7. The molecule has 1 atom stereocenters. The number of hydrogen-bond acceptors (Lipinski definition) is 2. The van der Waals surface area contributed by atoms with Gasteiger partial charge in [0.05, 0.1) is 0 Å². The zero-order valence-electron chi connectivity index (χ0n) is 9.80. The van der Waals surface area contributed by atoms with E-state index in [0.29, 0.717) is 6.42 Å². The summed E-state index contributed by atoms with van der Waals surface area (Å²) >= 11 is 0. The summed E-state index contributed by atoms with van der Waals surface area (Å²) in [5.41, 5.74) is 7.50. The summed E-state index contributed by atoms with van der Waals surface area (Å²) < 4.78 is 35.9. The van der Waals surface area contributed by atoms with E-state index >= 15 is 0 Å². The summed E-state index contributed by atoms with van der Waals surface area (Å²) in [4.78, 5) is 4.17. The van der Waals surface area contributed by atoms with E-state index in [1.165, 1.54) is 0 Å². The highest BCUT2D eigenvalue weighted by Gasteiger charge is 2.27. The highest BCUT2D eigenvalue weighted by molar-refractivity contribution is 5.14. The molecule has 1 rings (SSSR count). The fraction of sp³-hybridized carbons (Fsp3) is 0.583. The first-order chi connectivity index (χ1) is 7.90. The number of aryl methyl sites for hydroxylation is 1. The van der Waals surface area contributed by atoms with E-state index in [-0.39, 0.29) is 6.42 Å². The highest BCUT2D eigenvalue weighted by atomic mass is 19.4. The molecule has 0 saturated heterocycles. The van der Waals surface area contributed by atoms with Gasteiger partial charge in [0.2, 0.25) is 0 Å². The molecule has 0 radical (unpaired) electrons. The Labute approximate surface area is 99.0 Å². The molecule has 2 N–H and O–H groups in total. The third-order valence-electron chi connectivity index (χ3n) is 2.56. The van der Waals surface area contributed by atoms with Crippen molar-refractivity contribution >= 4 is 0 Å². The van der Waals surface area contributed by atoms with Gasteiger partial charge in [0.25, 0.3) is 0 Å². The van der Waals surface area contributed by atoms with E-state index < -0.39 is 18.6 Å². The van der Waals surface area contributed by atoms with Gasteiger partial charge >= 0.3 is 6.18 Å². The van der Waals surface area contributed by atoms with Crippen LogP contribution in [0.25, 0.3) is 0 Å². The third kappa shape index (κ3) is 5.68. The number of alkyl halides is 3. The number of halogens is 3. The number of aromatic nitrogens is 1. The molecule has 1 unspecified atom stereocenters. The van der Waals surface area contributed by atoms with Crippen molar-refractivity contribution in [3.8, 4) is 0 Å². The molecule has 5 heteroatoms. The number of nitrogens with two attached hydrogens (primary N) is 1. The molecule has 0 saturated carbocycles. The number of nitrogens with zero attached hydrogens (tertiary/aromatic N) is 1. The monoisotopic (exact) mass is 246 g/mol. The average molecular weight is 246 g/mol. The maximum atomic E-state index is 12.0. The predicted octanol–water partition coefficient (Wildman–Crippen LogP) is 2.86. The standard InChI is InChI=1S/C12H17F3N2/c1-2-9-3-4-11(17-8-9)7-10(16)5-6-12(13,14)15/h3-4,8,10H,2,5-7,16H2,1H3. The van der Waals surface area contributed by atoms with E-state index in [2.05, 4.69) is 4.98 Å². The molecule has 0 aliphatic rings. The van der Waals surface area contributed by atoms with E-state index in [9.17, 15) is 13.2 Å². The summed E-state index contributed by atoms with van der Waals surface area (Å²) in [5.74, 6) is 0. The molecule has 1 aromatic rings. The maximum absolute atomic E-state index is 12.0. The Morgan fingerprint density at radius 2 is 2.06 bits per heavy atom. The molecule has 1 heterocycles. The van der Waals surface area contributed by atoms with E-state index in [1.807, 2.05) is 19.1 Å². The summed E-state index contributed by atoms with van der Waals surface area (Å²) in [6.45, 7) is 2.02. The van der Waals surface area contributed by atoms with Gasteiger partial charge in [-0.2, -0.15) is 13.2 Å². The summed E-state index contributed by atoms with van der Waals surface area (Å²) in [7, 11) is 0. The SMILES string of the molecule is CCc1ccc(CC(N)CCC(F)(F)F)nc1. The van der Waals surface area contributed by atoms with Crippen LogP contribution in [0.15, 0.2) is 18.3 Å². The number of pyridine rings is 1. The molecule has 1 aromatic heterocycles. The molecular formula is C12H17F3N2. The topological polar surface area (TPSA) is 38.9 Å². The second-order valence-corrected chi connectivity index (χ2v) is 4.13. The van der Waals surface area contributed by atoms with Crippen LogP contribution in [0.5, 0.6) is 0 Å². The van der Waals surface area contributed by atoms with Crippen molar-refractivity contribution in [2.75, 3.05) is 0 Å². The summed E-state index contributed by atoms with van der Waals surface area (Å²) in [6.07, 6.45) is -1.99. The Balaban J connectivity index is 2.42. The van der Waals surface area contributed by atoms with Crippen molar-refractivity contribution < 1.29 is 13.2 Å². The van der Waals surface area contributed by atoms with Crippen LogP contribution in [-0.4, -0.2) is 17.2 Å². The second kappa shape index (κ2) is 6.00. The lowest BCUT2D eigenvalue weighted by molar-refractivity contribution is -0.136. The van der Waals surface area contributed by atoms with Gasteiger partial charge in [0, 0.05) is 30.8 Å². The second-order valence-electron chi connectivity index (χ2n) is 4.13. The zero-order valence-corrected chi connectivity index (χ0v) is 9.80. The number of rotatable bonds is 5. The predicted molar refractivity (Wildman–Crippen MR) is 60.6 cm³/mol. The van der Waals surface area contributed by atoms with E-state index in [1.54, 1.807) is 6.20 Å². The first kappa shape index (κ1) is 14.0. The van der Waals surface area contributed by atoms with E-state index in [4.69, 9.17) is 5.73 Å². The zero-order chi connectivity index (χ0) is 12.9. The first-order valence-electron chi connectivity index (χ1n) is 5.67. The Bertz CT molecular complexity index is 333. The molecule has 0 aliphatic heterocycles. The fourth-order valence-electron chi connectivity index (χ4n) is 1.50. The van der Waals surface area contributed by atoms with Gasteiger partial charge in [0.15, 0.2) is 0 Å². The van der Waals surface area contributed by atoms with Crippen LogP contribution < -0.4 is 5.73 Å². The third-order valence-corrected chi connectivity index (χ3v) is 2.56. The minimum Gasteiger partial charge on any atom is -0.327 e. The molecule has 17 heavy (non-hydrogen) atoms. The fourth-order valence-corrected chi connectivity index (χ4v) is 1.50. The Morgan fingerprint density at radius 3 is 2.53 bits per heavy atom. The van der Waals surface area contributed by atoms with Crippen molar-refractivity contribution in [3.05, 3.63) is 29.6 Å².